The smallest absolute Gasteiger partial charge is 0.222 e. The van der Waals surface area contributed by atoms with Gasteiger partial charge in [0.1, 0.15) is 0 Å². The largest absolute Gasteiger partial charge is 0.341 e. The highest BCUT2D eigenvalue weighted by molar-refractivity contribution is 5.78. The number of piperazine rings is 1. The van der Waals surface area contributed by atoms with E-state index in [0.717, 1.165) is 45.6 Å². The number of carbonyl (C=O) groups excluding carboxylic acids is 1. The fraction of sp³-hybridized carbons (Fsp3) is 0.889. The summed E-state index contributed by atoms with van der Waals surface area (Å²) in [4.78, 5) is 13.3. The topological polar surface area (TPSA) is 44.4 Å². The number of carbonyl (C=O) groups is 1. The van der Waals surface area contributed by atoms with Gasteiger partial charge in [0, 0.05) is 45.2 Å². The van der Waals surface area contributed by atoms with Crippen molar-refractivity contribution in [1.82, 2.24) is 15.5 Å². The van der Waals surface area contributed by atoms with Crippen LogP contribution in [-0.2, 0) is 4.79 Å². The van der Waals surface area contributed by atoms with E-state index in [0.29, 0.717) is 11.9 Å². The molecule has 2 saturated heterocycles. The molecule has 2 rings (SSSR count). The molecule has 2 aliphatic heterocycles. The number of hydrogen-bond acceptors (Lipinski definition) is 3. The third-order valence-corrected chi connectivity index (χ3v) is 2.74. The lowest BCUT2D eigenvalue weighted by Crippen LogP contribution is -2.53. The van der Waals surface area contributed by atoms with Crippen LogP contribution in [-0.4, -0.2) is 49.6 Å². The quantitative estimate of drug-likeness (QED) is 0.587. The van der Waals surface area contributed by atoms with Gasteiger partial charge in [0.05, 0.1) is 0 Å². The molecule has 13 heavy (non-hydrogen) atoms. The Hall–Kier alpha value is -0.610. The lowest BCUT2D eigenvalue weighted by Gasteiger charge is -2.28. The van der Waals surface area contributed by atoms with Gasteiger partial charge in [0.25, 0.3) is 0 Å². The molecule has 1 amide bonds. The standard InChI is InChI=1S/C9H17N3O/c13-9-2-1-5-12(9)7-8-6-10-3-4-11-8/h8,10-11H,1-7H2. The van der Waals surface area contributed by atoms with Crippen molar-refractivity contribution in [3.05, 3.63) is 0 Å². The summed E-state index contributed by atoms with van der Waals surface area (Å²) in [5.74, 6) is 0.326. The minimum absolute atomic E-state index is 0.326. The summed E-state index contributed by atoms with van der Waals surface area (Å²) in [6, 6.07) is 0.454. The minimum Gasteiger partial charge on any atom is -0.341 e. The number of nitrogens with one attached hydrogen (secondary N) is 2. The molecule has 0 radical (unpaired) electrons. The maximum atomic E-state index is 11.3. The Morgan fingerprint density at radius 3 is 3.00 bits per heavy atom. The van der Waals surface area contributed by atoms with Crippen LogP contribution in [0.3, 0.4) is 0 Å². The molecule has 4 nitrogen and oxygen atoms in total. The Labute approximate surface area is 78.7 Å². The second-order valence-corrected chi connectivity index (χ2v) is 3.80. The van der Waals surface area contributed by atoms with Crippen molar-refractivity contribution in [1.29, 1.82) is 0 Å². The number of rotatable bonds is 2. The number of hydrogen-bond donors (Lipinski definition) is 2. The molecular weight excluding hydrogens is 166 g/mol. The molecular formula is C9H17N3O. The van der Waals surface area contributed by atoms with Crippen molar-refractivity contribution < 1.29 is 4.79 Å². The van der Waals surface area contributed by atoms with Gasteiger partial charge in [-0.3, -0.25) is 4.79 Å². The van der Waals surface area contributed by atoms with Crippen LogP contribution in [0.2, 0.25) is 0 Å². The normalized spacial score (nSPS) is 29.7. The average molecular weight is 183 g/mol. The summed E-state index contributed by atoms with van der Waals surface area (Å²) >= 11 is 0. The molecule has 2 aliphatic rings. The van der Waals surface area contributed by atoms with Crippen molar-refractivity contribution in [3.63, 3.8) is 0 Å². The van der Waals surface area contributed by atoms with E-state index in [2.05, 4.69) is 10.6 Å². The molecule has 1 unspecified atom stereocenters. The second-order valence-electron chi connectivity index (χ2n) is 3.80. The van der Waals surface area contributed by atoms with E-state index in [1.807, 2.05) is 4.90 Å². The van der Waals surface area contributed by atoms with Crippen LogP contribution in [0.4, 0.5) is 0 Å². The minimum atomic E-state index is 0.326. The first-order chi connectivity index (χ1) is 6.36. The zero-order valence-electron chi connectivity index (χ0n) is 7.88. The van der Waals surface area contributed by atoms with E-state index in [9.17, 15) is 4.79 Å². The molecule has 1 atom stereocenters. The zero-order valence-corrected chi connectivity index (χ0v) is 7.88. The number of nitrogens with zero attached hydrogens (tertiary/aromatic N) is 1. The van der Waals surface area contributed by atoms with Crippen LogP contribution < -0.4 is 10.6 Å². The molecule has 74 valence electrons. The zero-order chi connectivity index (χ0) is 9.10. The highest BCUT2D eigenvalue weighted by Crippen LogP contribution is 2.09. The summed E-state index contributed by atoms with van der Waals surface area (Å²) in [5, 5.41) is 6.73. The summed E-state index contributed by atoms with van der Waals surface area (Å²) in [6.45, 7) is 4.89. The first-order valence-corrected chi connectivity index (χ1v) is 5.08. The van der Waals surface area contributed by atoms with Crippen LogP contribution in [0.15, 0.2) is 0 Å². The Bertz CT molecular complexity index is 189. The van der Waals surface area contributed by atoms with Crippen molar-refractivity contribution >= 4 is 5.91 Å². The summed E-state index contributed by atoms with van der Waals surface area (Å²) < 4.78 is 0. The SMILES string of the molecule is O=C1CCCN1CC1CNCCN1. The fourth-order valence-corrected chi connectivity index (χ4v) is 2.01. The van der Waals surface area contributed by atoms with Gasteiger partial charge in [-0.2, -0.15) is 0 Å². The highest BCUT2D eigenvalue weighted by atomic mass is 16.2. The molecule has 4 heteroatoms. The van der Waals surface area contributed by atoms with Gasteiger partial charge >= 0.3 is 0 Å². The first kappa shape index (κ1) is 8.97. The van der Waals surface area contributed by atoms with E-state index in [4.69, 9.17) is 0 Å². The van der Waals surface area contributed by atoms with Crippen LogP contribution in [0.5, 0.6) is 0 Å². The van der Waals surface area contributed by atoms with Crippen LogP contribution in [0.25, 0.3) is 0 Å². The molecule has 0 saturated carbocycles. The Morgan fingerprint density at radius 2 is 2.38 bits per heavy atom. The van der Waals surface area contributed by atoms with Crippen molar-refractivity contribution in [3.8, 4) is 0 Å². The van der Waals surface area contributed by atoms with E-state index >= 15 is 0 Å². The predicted octanol–water partition coefficient (Wildman–Crippen LogP) is -0.830. The fourth-order valence-electron chi connectivity index (χ4n) is 2.01. The monoisotopic (exact) mass is 183 g/mol. The van der Waals surface area contributed by atoms with Gasteiger partial charge in [0.2, 0.25) is 5.91 Å². The van der Waals surface area contributed by atoms with Crippen LogP contribution in [0, 0.1) is 0 Å². The molecule has 0 aliphatic carbocycles. The lowest BCUT2D eigenvalue weighted by atomic mass is 10.2. The van der Waals surface area contributed by atoms with Gasteiger partial charge in [-0.25, -0.2) is 0 Å². The molecule has 0 spiro atoms. The highest BCUT2D eigenvalue weighted by Gasteiger charge is 2.23. The Balaban J connectivity index is 1.79. The van der Waals surface area contributed by atoms with Crippen LogP contribution >= 0.6 is 0 Å². The van der Waals surface area contributed by atoms with Crippen molar-refractivity contribution in [2.24, 2.45) is 0 Å². The number of likely N-dealkylation sites (tertiary alicyclic amines) is 1. The van der Waals surface area contributed by atoms with Gasteiger partial charge in [-0.05, 0) is 6.42 Å². The van der Waals surface area contributed by atoms with Gasteiger partial charge in [-0.1, -0.05) is 0 Å². The van der Waals surface area contributed by atoms with E-state index in [-0.39, 0.29) is 0 Å². The molecule has 0 bridgehead atoms. The Kier molecular flexibility index (Phi) is 2.80. The second kappa shape index (κ2) is 4.07. The molecule has 2 N–H and O–H groups in total. The lowest BCUT2D eigenvalue weighted by molar-refractivity contribution is -0.128. The van der Waals surface area contributed by atoms with E-state index in [1.165, 1.54) is 0 Å². The van der Waals surface area contributed by atoms with Crippen molar-refractivity contribution in [2.45, 2.75) is 18.9 Å². The first-order valence-electron chi connectivity index (χ1n) is 5.08. The van der Waals surface area contributed by atoms with E-state index < -0.39 is 0 Å². The van der Waals surface area contributed by atoms with Gasteiger partial charge in [0.15, 0.2) is 0 Å². The van der Waals surface area contributed by atoms with Crippen LogP contribution in [0.1, 0.15) is 12.8 Å². The van der Waals surface area contributed by atoms with Gasteiger partial charge < -0.3 is 15.5 Å². The predicted molar refractivity (Wildman–Crippen MR) is 50.5 cm³/mol. The molecule has 0 aromatic carbocycles. The average Bonchev–Trinajstić information content (AvgIpc) is 2.54. The number of amides is 1. The molecule has 0 aromatic rings. The van der Waals surface area contributed by atoms with E-state index in [1.54, 1.807) is 0 Å². The molecule has 0 aromatic heterocycles. The third-order valence-electron chi connectivity index (χ3n) is 2.74. The van der Waals surface area contributed by atoms with Gasteiger partial charge in [-0.15, -0.1) is 0 Å². The van der Waals surface area contributed by atoms with Crippen molar-refractivity contribution in [2.75, 3.05) is 32.7 Å². The summed E-state index contributed by atoms with van der Waals surface area (Å²) in [6.07, 6.45) is 1.79. The summed E-state index contributed by atoms with van der Waals surface area (Å²) in [5.41, 5.74) is 0. The molecule has 2 fully saturated rings. The third kappa shape index (κ3) is 2.19. The molecule has 2 heterocycles. The maximum Gasteiger partial charge on any atom is 0.222 e. The summed E-state index contributed by atoms with van der Waals surface area (Å²) in [7, 11) is 0. The Morgan fingerprint density at radius 1 is 1.46 bits per heavy atom. The maximum absolute atomic E-state index is 11.3.